The second-order valence-corrected chi connectivity index (χ2v) is 11.2. The Kier molecular flexibility index (Phi) is 6.91. The Hall–Kier alpha value is -3.08. The summed E-state index contributed by atoms with van der Waals surface area (Å²) in [6.45, 7) is 0. The van der Waals surface area contributed by atoms with E-state index < -0.39 is 34.2 Å². The number of fused-ring (bicyclic) bond motifs is 2. The fraction of sp³-hybridized carbons (Fsp3) is 0.333. The highest BCUT2D eigenvalue weighted by Gasteiger charge is 2.39. The number of nitrogens with zero attached hydrogens (tertiary/aromatic N) is 1. The summed E-state index contributed by atoms with van der Waals surface area (Å²) in [6.07, 6.45) is -2.05. The van der Waals surface area contributed by atoms with Crippen LogP contribution in [0, 0.1) is 4.78 Å². The molecule has 1 fully saturated rings. The molecule has 196 valence electrons. The number of alkyl halides is 3. The average molecular weight is 532 g/mol. The molecule has 0 radical (unpaired) electrons. The second-order valence-electron chi connectivity index (χ2n) is 9.42. The Morgan fingerprint density at radius 3 is 2.05 bits per heavy atom. The number of ether oxygens (including phenoxy) is 1. The molecule has 10 heteroatoms. The maximum absolute atomic E-state index is 13.3. The van der Waals surface area contributed by atoms with E-state index in [1.807, 2.05) is 24.3 Å². The van der Waals surface area contributed by atoms with Gasteiger partial charge in [0.15, 0.2) is 0 Å². The van der Waals surface area contributed by atoms with Crippen LogP contribution < -0.4 is 14.4 Å². The Morgan fingerprint density at radius 1 is 0.919 bits per heavy atom. The number of para-hydroxylation sites is 2. The van der Waals surface area contributed by atoms with Gasteiger partial charge in [0, 0.05) is 17.4 Å². The van der Waals surface area contributed by atoms with Crippen molar-refractivity contribution < 1.29 is 27.2 Å². The van der Waals surface area contributed by atoms with Gasteiger partial charge in [0.25, 0.3) is 0 Å². The number of aliphatic hydroxyl groups excluding tert-OH is 1. The van der Waals surface area contributed by atoms with Crippen LogP contribution in [0.4, 0.5) is 24.5 Å². The highest BCUT2D eigenvalue weighted by atomic mass is 32.2. The van der Waals surface area contributed by atoms with Crippen LogP contribution >= 0.6 is 0 Å². The van der Waals surface area contributed by atoms with Crippen molar-refractivity contribution in [3.8, 4) is 5.75 Å². The van der Waals surface area contributed by atoms with Crippen LogP contribution in [0.25, 0.3) is 0 Å². The summed E-state index contributed by atoms with van der Waals surface area (Å²) in [5, 5.41) is 11.5. The van der Waals surface area contributed by atoms with Gasteiger partial charge in [-0.1, -0.05) is 36.4 Å². The molecule has 0 spiro atoms. The first-order chi connectivity index (χ1) is 17.6. The molecule has 0 aromatic heterocycles. The van der Waals surface area contributed by atoms with E-state index in [0.717, 1.165) is 42.8 Å². The summed E-state index contributed by atoms with van der Waals surface area (Å²) in [4.78, 5) is 2.20. The quantitative estimate of drug-likeness (QED) is 0.394. The molecule has 3 aromatic rings. The van der Waals surface area contributed by atoms with Crippen molar-refractivity contribution in [2.24, 2.45) is 0 Å². The summed E-state index contributed by atoms with van der Waals surface area (Å²) in [6, 6.07) is 19.7. The summed E-state index contributed by atoms with van der Waals surface area (Å²) in [5.41, 5.74) is 4.44. The van der Waals surface area contributed by atoms with Gasteiger partial charge >= 0.3 is 6.36 Å². The third-order valence-corrected chi connectivity index (χ3v) is 8.60. The lowest BCUT2D eigenvalue weighted by atomic mass is 9.86. The highest BCUT2D eigenvalue weighted by molar-refractivity contribution is 7.90. The van der Waals surface area contributed by atoms with E-state index in [9.17, 15) is 22.5 Å². The predicted octanol–water partition coefficient (Wildman–Crippen LogP) is 5.71. The summed E-state index contributed by atoms with van der Waals surface area (Å²) >= 11 is 0. The topological polar surface area (TPSA) is 85.7 Å². The second kappa shape index (κ2) is 10.00. The van der Waals surface area contributed by atoms with Crippen LogP contribution in [-0.2, 0) is 22.8 Å². The first kappa shape index (κ1) is 25.6. The van der Waals surface area contributed by atoms with Gasteiger partial charge in [0.1, 0.15) is 15.7 Å². The summed E-state index contributed by atoms with van der Waals surface area (Å²) in [7, 11) is -3.60. The third kappa shape index (κ3) is 5.46. The molecule has 0 bridgehead atoms. The lowest BCUT2D eigenvalue weighted by molar-refractivity contribution is -0.274. The van der Waals surface area contributed by atoms with E-state index >= 15 is 0 Å². The number of hydrogen-bond acceptors (Lipinski definition) is 5. The number of benzene rings is 3. The van der Waals surface area contributed by atoms with E-state index in [1.165, 1.54) is 23.3 Å². The van der Waals surface area contributed by atoms with Crippen LogP contribution in [0.2, 0.25) is 0 Å². The molecular weight excluding hydrogens is 503 g/mol. The van der Waals surface area contributed by atoms with Gasteiger partial charge in [0.2, 0.25) is 0 Å². The zero-order valence-corrected chi connectivity index (χ0v) is 20.8. The van der Waals surface area contributed by atoms with Crippen molar-refractivity contribution in [2.45, 2.75) is 61.5 Å². The van der Waals surface area contributed by atoms with Crippen LogP contribution in [0.3, 0.4) is 0 Å². The maximum atomic E-state index is 13.3. The van der Waals surface area contributed by atoms with Crippen molar-refractivity contribution in [2.75, 3.05) is 4.90 Å². The minimum atomic E-state index is -4.84. The van der Waals surface area contributed by atoms with Crippen molar-refractivity contribution >= 4 is 21.3 Å². The maximum Gasteiger partial charge on any atom is 0.573 e. The van der Waals surface area contributed by atoms with Gasteiger partial charge in [-0.3, -0.25) is 0 Å². The summed E-state index contributed by atoms with van der Waals surface area (Å²) < 4.78 is 65.8. The molecule has 37 heavy (non-hydrogen) atoms. The molecule has 0 unspecified atom stereocenters. The van der Waals surface area contributed by atoms with E-state index in [-0.39, 0.29) is 10.9 Å². The Morgan fingerprint density at radius 2 is 1.49 bits per heavy atom. The minimum Gasteiger partial charge on any atom is -0.406 e. The third-order valence-electron chi connectivity index (χ3n) is 7.03. The number of aryl methyl sites for hydroxylation is 2. The minimum absolute atomic E-state index is 0.0156. The van der Waals surface area contributed by atoms with Crippen LogP contribution in [0.5, 0.6) is 5.75 Å². The van der Waals surface area contributed by atoms with Crippen LogP contribution in [0.1, 0.15) is 30.4 Å². The first-order valence-corrected chi connectivity index (χ1v) is 13.7. The molecule has 5 rings (SSSR count). The lowest BCUT2D eigenvalue weighted by Gasteiger charge is -2.43. The van der Waals surface area contributed by atoms with Crippen molar-refractivity contribution in [3.05, 3.63) is 83.9 Å². The standard InChI is InChI=1S/C27H28F3N3O3S/c28-27(29,30)36-20-14-16-21(17-15-20)37(31,35)32-22-8-5-11-25(26(22)34)33-23-9-3-1-6-18(23)12-13-19-7-2-4-10-24(19)33/h1-4,6-7,9-10,14-17,22,25-26,34H,5,8,11-13H2,(H2,31,32,35)/t22-,25-,26-,37-/m0/s1. The molecule has 1 aliphatic heterocycles. The Labute approximate surface area is 214 Å². The number of anilines is 2. The fourth-order valence-electron chi connectivity index (χ4n) is 5.35. The highest BCUT2D eigenvalue weighted by Crippen LogP contribution is 2.41. The largest absolute Gasteiger partial charge is 0.573 e. The fourth-order valence-corrected chi connectivity index (χ4v) is 6.69. The molecule has 2 aliphatic rings. The predicted molar refractivity (Wildman–Crippen MR) is 135 cm³/mol. The molecule has 6 nitrogen and oxygen atoms in total. The Balaban J connectivity index is 1.41. The smallest absolute Gasteiger partial charge is 0.406 e. The molecule has 4 atom stereocenters. The molecule has 0 saturated heterocycles. The number of hydrogen-bond donors (Lipinski definition) is 3. The molecule has 1 saturated carbocycles. The molecule has 1 aliphatic carbocycles. The van der Waals surface area contributed by atoms with Gasteiger partial charge in [0.05, 0.1) is 17.0 Å². The van der Waals surface area contributed by atoms with Gasteiger partial charge in [-0.05, 0) is 79.6 Å². The van der Waals surface area contributed by atoms with E-state index in [4.69, 9.17) is 4.78 Å². The van der Waals surface area contributed by atoms with Crippen molar-refractivity contribution in [3.63, 3.8) is 0 Å². The van der Waals surface area contributed by atoms with E-state index in [1.54, 1.807) is 0 Å². The average Bonchev–Trinajstić information content (AvgIpc) is 3.02. The van der Waals surface area contributed by atoms with Crippen LogP contribution in [-0.4, -0.2) is 33.9 Å². The Bertz CT molecular complexity index is 1320. The van der Waals surface area contributed by atoms with Crippen molar-refractivity contribution in [1.29, 1.82) is 4.78 Å². The van der Waals surface area contributed by atoms with E-state index in [0.29, 0.717) is 12.8 Å². The molecule has 1 heterocycles. The van der Waals surface area contributed by atoms with Gasteiger partial charge in [-0.25, -0.2) is 13.7 Å². The van der Waals surface area contributed by atoms with Gasteiger partial charge < -0.3 is 14.7 Å². The number of aliphatic hydroxyl groups is 1. The summed E-state index contributed by atoms with van der Waals surface area (Å²) in [5.74, 6) is -0.456. The number of rotatable bonds is 5. The monoisotopic (exact) mass is 531 g/mol. The van der Waals surface area contributed by atoms with Gasteiger partial charge in [-0.2, -0.15) is 0 Å². The number of halogens is 3. The zero-order chi connectivity index (χ0) is 26.2. The SMILES string of the molecule is N=[S@](=O)(N[C@H]1CCC[C@H](N2c3ccccc3CCc3ccccc32)[C@H]1O)c1ccc(OC(F)(F)F)cc1. The molecule has 0 amide bonds. The van der Waals surface area contributed by atoms with Gasteiger partial charge in [-0.15, -0.1) is 13.2 Å². The molecule has 3 aromatic carbocycles. The van der Waals surface area contributed by atoms with Crippen LogP contribution in [0.15, 0.2) is 77.7 Å². The zero-order valence-electron chi connectivity index (χ0n) is 19.9. The lowest BCUT2D eigenvalue weighted by Crippen LogP contribution is -2.55. The first-order valence-electron chi connectivity index (χ1n) is 12.2. The molecular formula is C27H28F3N3O3S. The normalized spacial score (nSPS) is 23.4. The molecule has 3 N–H and O–H groups in total. The number of nitrogens with one attached hydrogen (secondary N) is 2. The van der Waals surface area contributed by atoms with E-state index in [2.05, 4.69) is 38.6 Å². The van der Waals surface area contributed by atoms with Crippen molar-refractivity contribution in [1.82, 2.24) is 4.72 Å².